The predicted octanol–water partition coefficient (Wildman–Crippen LogP) is 1.86. The molecule has 0 aromatic carbocycles. The molecule has 3 nitrogen and oxygen atoms in total. The van der Waals surface area contributed by atoms with Gasteiger partial charge >= 0.3 is 0 Å². The van der Waals surface area contributed by atoms with Crippen LogP contribution in [0.15, 0.2) is 29.0 Å². The van der Waals surface area contributed by atoms with Crippen molar-refractivity contribution in [2.24, 2.45) is 0 Å². The first-order chi connectivity index (χ1) is 6.34. The summed E-state index contributed by atoms with van der Waals surface area (Å²) < 4.78 is 2.99. The van der Waals surface area contributed by atoms with Gasteiger partial charge in [0.2, 0.25) is 0 Å². The van der Waals surface area contributed by atoms with E-state index in [-0.39, 0.29) is 0 Å². The van der Waals surface area contributed by atoms with Gasteiger partial charge in [-0.2, -0.15) is 5.10 Å². The maximum absolute atomic E-state index is 4.21. The number of rotatable bonds is 2. The zero-order valence-electron chi connectivity index (χ0n) is 7.36. The second-order valence-corrected chi connectivity index (χ2v) is 4.09. The molecule has 70 valence electrons. The van der Waals surface area contributed by atoms with Crippen LogP contribution in [0.1, 0.15) is 6.42 Å². The van der Waals surface area contributed by atoms with E-state index in [0.29, 0.717) is 0 Å². The van der Waals surface area contributed by atoms with Crippen molar-refractivity contribution in [2.45, 2.75) is 13.1 Å². The van der Waals surface area contributed by atoms with Gasteiger partial charge in [-0.25, -0.2) is 0 Å². The number of halogens is 1. The molecule has 0 amide bonds. The highest BCUT2D eigenvalue weighted by Crippen LogP contribution is 2.08. The summed E-state index contributed by atoms with van der Waals surface area (Å²) in [4.78, 5) is 2.36. The van der Waals surface area contributed by atoms with Gasteiger partial charge in [0.05, 0.1) is 17.3 Å². The van der Waals surface area contributed by atoms with Gasteiger partial charge in [0.15, 0.2) is 0 Å². The van der Waals surface area contributed by atoms with E-state index in [4.69, 9.17) is 0 Å². The molecule has 0 spiro atoms. The Morgan fingerprint density at radius 2 is 2.38 bits per heavy atom. The van der Waals surface area contributed by atoms with Gasteiger partial charge in [-0.15, -0.1) is 0 Å². The zero-order chi connectivity index (χ0) is 9.10. The van der Waals surface area contributed by atoms with E-state index in [1.807, 2.05) is 17.1 Å². The fraction of sp³-hybridized carbons (Fsp3) is 0.444. The molecule has 1 aliphatic heterocycles. The minimum absolute atomic E-state index is 0.885. The number of hydrogen-bond donors (Lipinski definition) is 0. The molecule has 13 heavy (non-hydrogen) atoms. The summed E-state index contributed by atoms with van der Waals surface area (Å²) in [7, 11) is 0. The average Bonchev–Trinajstić information content (AvgIpc) is 2.53. The van der Waals surface area contributed by atoms with E-state index in [0.717, 1.165) is 30.7 Å². The molecule has 4 heteroatoms. The summed E-state index contributed by atoms with van der Waals surface area (Å²) in [5.74, 6) is 0. The third-order valence-electron chi connectivity index (χ3n) is 2.09. The summed E-state index contributed by atoms with van der Waals surface area (Å²) in [5, 5.41) is 4.21. The first-order valence-electron chi connectivity index (χ1n) is 4.40. The molecule has 2 heterocycles. The maximum atomic E-state index is 4.21. The Morgan fingerprint density at radius 1 is 1.46 bits per heavy atom. The lowest BCUT2D eigenvalue weighted by Crippen LogP contribution is -2.29. The Hall–Kier alpha value is -0.610. The SMILES string of the molecule is Brc1cnn(CN2CC=CCC2)c1. The first kappa shape index (κ1) is 8.97. The van der Waals surface area contributed by atoms with E-state index in [9.17, 15) is 0 Å². The molecule has 0 unspecified atom stereocenters. The molecular formula is C9H12BrN3. The summed E-state index contributed by atoms with van der Waals surface area (Å²) >= 11 is 3.38. The van der Waals surface area contributed by atoms with Crippen LogP contribution in [0.3, 0.4) is 0 Å². The zero-order valence-corrected chi connectivity index (χ0v) is 8.94. The van der Waals surface area contributed by atoms with Crippen molar-refractivity contribution in [3.05, 3.63) is 29.0 Å². The van der Waals surface area contributed by atoms with Crippen molar-refractivity contribution >= 4 is 15.9 Å². The Morgan fingerprint density at radius 3 is 3.00 bits per heavy atom. The molecule has 0 radical (unpaired) electrons. The van der Waals surface area contributed by atoms with Crippen LogP contribution in [-0.4, -0.2) is 27.8 Å². The number of nitrogens with zero attached hydrogens (tertiary/aromatic N) is 3. The van der Waals surface area contributed by atoms with E-state index in [1.165, 1.54) is 0 Å². The third kappa shape index (κ3) is 2.42. The minimum atomic E-state index is 0.885. The van der Waals surface area contributed by atoms with Crippen molar-refractivity contribution in [2.75, 3.05) is 13.1 Å². The normalized spacial score (nSPS) is 17.9. The fourth-order valence-electron chi connectivity index (χ4n) is 1.44. The summed E-state index contributed by atoms with van der Waals surface area (Å²) in [6.45, 7) is 3.06. The van der Waals surface area contributed by atoms with Gasteiger partial charge in [0.1, 0.15) is 0 Å². The molecule has 0 bridgehead atoms. The van der Waals surface area contributed by atoms with Crippen molar-refractivity contribution < 1.29 is 0 Å². The summed E-state index contributed by atoms with van der Waals surface area (Å²) in [6.07, 6.45) is 9.41. The highest BCUT2D eigenvalue weighted by Gasteiger charge is 2.06. The lowest BCUT2D eigenvalue weighted by molar-refractivity contribution is 0.226. The van der Waals surface area contributed by atoms with Crippen molar-refractivity contribution in [1.82, 2.24) is 14.7 Å². The summed E-state index contributed by atoms with van der Waals surface area (Å²) in [6, 6.07) is 0. The van der Waals surface area contributed by atoms with Gasteiger partial charge in [0.25, 0.3) is 0 Å². The standard InChI is InChI=1S/C9H12BrN3/c10-9-6-11-13(7-9)8-12-4-2-1-3-5-12/h1-2,6-7H,3-5,8H2. The van der Waals surface area contributed by atoms with Crippen LogP contribution in [0.4, 0.5) is 0 Å². The van der Waals surface area contributed by atoms with Gasteiger partial charge in [-0.05, 0) is 22.4 Å². The highest BCUT2D eigenvalue weighted by molar-refractivity contribution is 9.10. The van der Waals surface area contributed by atoms with Crippen LogP contribution < -0.4 is 0 Å². The third-order valence-corrected chi connectivity index (χ3v) is 2.50. The Balaban J connectivity index is 1.94. The molecule has 0 aliphatic carbocycles. The van der Waals surface area contributed by atoms with Gasteiger partial charge in [-0.3, -0.25) is 9.58 Å². The van der Waals surface area contributed by atoms with Crippen LogP contribution in [0.2, 0.25) is 0 Å². The molecule has 1 aromatic rings. The van der Waals surface area contributed by atoms with E-state index < -0.39 is 0 Å². The summed E-state index contributed by atoms with van der Waals surface area (Å²) in [5.41, 5.74) is 0. The quantitative estimate of drug-likeness (QED) is 0.738. The Kier molecular flexibility index (Phi) is 2.80. The minimum Gasteiger partial charge on any atom is -0.280 e. The lowest BCUT2D eigenvalue weighted by atomic mass is 10.3. The van der Waals surface area contributed by atoms with Crippen LogP contribution in [0.25, 0.3) is 0 Å². The monoisotopic (exact) mass is 241 g/mol. The van der Waals surface area contributed by atoms with E-state index >= 15 is 0 Å². The van der Waals surface area contributed by atoms with Crippen LogP contribution >= 0.6 is 15.9 Å². The molecule has 2 rings (SSSR count). The molecule has 0 N–H and O–H groups in total. The van der Waals surface area contributed by atoms with Gasteiger partial charge < -0.3 is 0 Å². The van der Waals surface area contributed by atoms with Crippen LogP contribution in [0, 0.1) is 0 Å². The van der Waals surface area contributed by atoms with Crippen molar-refractivity contribution in [3.8, 4) is 0 Å². The number of aromatic nitrogens is 2. The molecule has 1 aliphatic rings. The largest absolute Gasteiger partial charge is 0.280 e. The van der Waals surface area contributed by atoms with E-state index in [2.05, 4.69) is 38.1 Å². The van der Waals surface area contributed by atoms with Crippen LogP contribution in [-0.2, 0) is 6.67 Å². The molecule has 0 fully saturated rings. The highest BCUT2D eigenvalue weighted by atomic mass is 79.9. The van der Waals surface area contributed by atoms with Crippen LogP contribution in [0.5, 0.6) is 0 Å². The molecular weight excluding hydrogens is 230 g/mol. The first-order valence-corrected chi connectivity index (χ1v) is 5.19. The molecule has 1 aromatic heterocycles. The van der Waals surface area contributed by atoms with Crippen molar-refractivity contribution in [1.29, 1.82) is 0 Å². The van der Waals surface area contributed by atoms with Gasteiger partial charge in [-0.1, -0.05) is 12.2 Å². The smallest absolute Gasteiger partial charge is 0.0931 e. The fourth-order valence-corrected chi connectivity index (χ4v) is 1.77. The second kappa shape index (κ2) is 4.07. The molecule has 0 atom stereocenters. The second-order valence-electron chi connectivity index (χ2n) is 3.18. The van der Waals surface area contributed by atoms with E-state index in [1.54, 1.807) is 0 Å². The average molecular weight is 242 g/mol. The molecule has 0 saturated heterocycles. The lowest BCUT2D eigenvalue weighted by Gasteiger charge is -2.22. The molecule has 0 saturated carbocycles. The Labute approximate surface area is 86.2 Å². The van der Waals surface area contributed by atoms with Gasteiger partial charge in [0, 0.05) is 19.3 Å². The van der Waals surface area contributed by atoms with Crippen molar-refractivity contribution in [3.63, 3.8) is 0 Å². The predicted molar refractivity (Wildman–Crippen MR) is 55.3 cm³/mol. The maximum Gasteiger partial charge on any atom is 0.0931 e. The number of hydrogen-bond acceptors (Lipinski definition) is 2. The topological polar surface area (TPSA) is 21.1 Å². The Bertz CT molecular complexity index is 306.